The fraction of sp³-hybridized carbons (Fsp3) is 0.933. The summed E-state index contributed by atoms with van der Waals surface area (Å²) in [7, 11) is 1.68. The highest BCUT2D eigenvalue weighted by molar-refractivity contribution is 14.1. The van der Waals surface area contributed by atoms with E-state index in [0.29, 0.717) is 39.5 Å². The number of halogens is 1. The number of ether oxygens (including phenoxy) is 4. The molecule has 1 fully saturated rings. The molecule has 22 heavy (non-hydrogen) atoms. The molecule has 130 valence electrons. The Morgan fingerprint density at radius 2 is 1.91 bits per heavy atom. The van der Waals surface area contributed by atoms with E-state index in [1.54, 1.807) is 12.0 Å². The molecule has 0 spiro atoms. The van der Waals surface area contributed by atoms with Gasteiger partial charge in [0, 0.05) is 26.9 Å². The summed E-state index contributed by atoms with van der Waals surface area (Å²) in [5.41, 5.74) is -0.465. The van der Waals surface area contributed by atoms with Crippen LogP contribution in [0.15, 0.2) is 0 Å². The molecule has 1 aliphatic rings. The second-order valence-corrected chi connectivity index (χ2v) is 7.87. The Hall–Kier alpha value is -0.120. The Bertz CT molecular complexity index is 334. The maximum Gasteiger partial charge on any atom is 0.410 e. The molecule has 0 radical (unpaired) electrons. The van der Waals surface area contributed by atoms with Gasteiger partial charge in [0.1, 0.15) is 5.60 Å². The average Bonchev–Trinajstić information content (AvgIpc) is 2.77. The number of methoxy groups -OCH3 is 1. The van der Waals surface area contributed by atoms with Gasteiger partial charge in [-0.3, -0.25) is 0 Å². The molecule has 7 heteroatoms. The topological polar surface area (TPSA) is 57.2 Å². The van der Waals surface area contributed by atoms with Gasteiger partial charge in [-0.2, -0.15) is 0 Å². The molecule has 1 amide bonds. The number of rotatable bonds is 8. The van der Waals surface area contributed by atoms with E-state index in [9.17, 15) is 4.79 Å². The van der Waals surface area contributed by atoms with Gasteiger partial charge in [-0.1, -0.05) is 22.6 Å². The lowest BCUT2D eigenvalue weighted by Gasteiger charge is -2.24. The predicted molar refractivity (Wildman–Crippen MR) is 92.7 cm³/mol. The van der Waals surface area contributed by atoms with Crippen LogP contribution in [0.1, 0.15) is 27.2 Å². The minimum Gasteiger partial charge on any atom is -0.444 e. The first-order chi connectivity index (χ1) is 10.3. The van der Waals surface area contributed by atoms with E-state index in [2.05, 4.69) is 22.6 Å². The second kappa shape index (κ2) is 9.89. The molecular weight excluding hydrogens is 401 g/mol. The van der Waals surface area contributed by atoms with Gasteiger partial charge in [-0.15, -0.1) is 0 Å². The molecule has 1 saturated heterocycles. The maximum absolute atomic E-state index is 12.0. The molecule has 0 saturated carbocycles. The molecule has 2 atom stereocenters. The third-order valence-corrected chi connectivity index (χ3v) is 4.24. The van der Waals surface area contributed by atoms with Crippen molar-refractivity contribution in [3.05, 3.63) is 0 Å². The SMILES string of the molecule is COCCCOCCOC1CN(C(=O)OC(C)(C)C)CC1I. The molecule has 2 unspecified atom stereocenters. The van der Waals surface area contributed by atoms with Crippen molar-refractivity contribution in [1.29, 1.82) is 0 Å². The Kier molecular flexibility index (Phi) is 8.96. The van der Waals surface area contributed by atoms with E-state index >= 15 is 0 Å². The minimum absolute atomic E-state index is 0.0377. The summed E-state index contributed by atoms with van der Waals surface area (Å²) in [6, 6.07) is 0. The number of likely N-dealkylation sites (tertiary alicyclic amines) is 1. The van der Waals surface area contributed by atoms with Crippen LogP contribution in [0.4, 0.5) is 4.79 Å². The van der Waals surface area contributed by atoms with Gasteiger partial charge in [0.15, 0.2) is 0 Å². The van der Waals surface area contributed by atoms with Gasteiger partial charge in [0.2, 0.25) is 0 Å². The van der Waals surface area contributed by atoms with Crippen molar-refractivity contribution >= 4 is 28.7 Å². The Morgan fingerprint density at radius 3 is 2.55 bits per heavy atom. The van der Waals surface area contributed by atoms with Crippen molar-refractivity contribution in [3.63, 3.8) is 0 Å². The Labute approximate surface area is 146 Å². The summed E-state index contributed by atoms with van der Waals surface area (Å²) < 4.78 is 21.9. The zero-order valence-corrected chi connectivity index (χ0v) is 16.1. The Morgan fingerprint density at radius 1 is 1.18 bits per heavy atom. The average molecular weight is 429 g/mol. The van der Waals surface area contributed by atoms with Crippen molar-refractivity contribution < 1.29 is 23.7 Å². The van der Waals surface area contributed by atoms with E-state index in [-0.39, 0.29) is 16.1 Å². The fourth-order valence-corrected chi connectivity index (χ4v) is 2.94. The van der Waals surface area contributed by atoms with Crippen LogP contribution in [0.5, 0.6) is 0 Å². The summed E-state index contributed by atoms with van der Waals surface area (Å²) in [5, 5.41) is 0. The molecule has 0 aromatic rings. The van der Waals surface area contributed by atoms with Gasteiger partial charge >= 0.3 is 6.09 Å². The summed E-state index contributed by atoms with van der Waals surface area (Å²) in [5.74, 6) is 0. The minimum atomic E-state index is -0.465. The first-order valence-electron chi connectivity index (χ1n) is 7.64. The molecule has 0 aromatic heterocycles. The number of amides is 1. The quantitative estimate of drug-likeness (QED) is 0.337. The molecule has 1 rings (SSSR count). The number of hydrogen-bond donors (Lipinski definition) is 0. The number of hydrogen-bond acceptors (Lipinski definition) is 5. The van der Waals surface area contributed by atoms with Crippen molar-refractivity contribution in [2.45, 2.75) is 42.8 Å². The zero-order chi connectivity index (χ0) is 16.6. The highest BCUT2D eigenvalue weighted by Crippen LogP contribution is 2.23. The number of carbonyl (C=O) groups is 1. The predicted octanol–water partition coefficient (Wildman–Crippen LogP) is 2.48. The van der Waals surface area contributed by atoms with Crippen LogP contribution in [0.3, 0.4) is 0 Å². The van der Waals surface area contributed by atoms with E-state index in [1.807, 2.05) is 20.8 Å². The molecule has 0 aliphatic carbocycles. The van der Waals surface area contributed by atoms with Crippen LogP contribution >= 0.6 is 22.6 Å². The van der Waals surface area contributed by atoms with E-state index in [4.69, 9.17) is 18.9 Å². The van der Waals surface area contributed by atoms with E-state index in [1.165, 1.54) is 0 Å². The normalized spacial score (nSPS) is 22.1. The van der Waals surface area contributed by atoms with Gasteiger partial charge < -0.3 is 23.8 Å². The number of carbonyl (C=O) groups excluding carboxylic acids is 1. The van der Waals surface area contributed by atoms with Crippen molar-refractivity contribution in [3.8, 4) is 0 Å². The van der Waals surface area contributed by atoms with E-state index < -0.39 is 5.60 Å². The maximum atomic E-state index is 12.0. The summed E-state index contributed by atoms with van der Waals surface area (Å²) in [6.07, 6.45) is 0.660. The van der Waals surface area contributed by atoms with Gasteiger partial charge in [-0.25, -0.2) is 4.79 Å². The molecule has 0 aromatic carbocycles. The zero-order valence-electron chi connectivity index (χ0n) is 14.0. The van der Waals surface area contributed by atoms with Gasteiger partial charge in [0.25, 0.3) is 0 Å². The number of alkyl halides is 1. The molecule has 0 bridgehead atoms. The van der Waals surface area contributed by atoms with Crippen LogP contribution in [0.25, 0.3) is 0 Å². The van der Waals surface area contributed by atoms with Crippen LogP contribution < -0.4 is 0 Å². The van der Waals surface area contributed by atoms with Crippen LogP contribution in [-0.2, 0) is 18.9 Å². The third-order valence-electron chi connectivity index (χ3n) is 3.05. The van der Waals surface area contributed by atoms with Gasteiger partial charge in [-0.05, 0) is 27.2 Å². The van der Waals surface area contributed by atoms with Crippen molar-refractivity contribution in [2.24, 2.45) is 0 Å². The first-order valence-corrected chi connectivity index (χ1v) is 8.88. The monoisotopic (exact) mass is 429 g/mol. The summed E-state index contributed by atoms with van der Waals surface area (Å²) in [6.45, 7) is 9.35. The number of nitrogens with zero attached hydrogens (tertiary/aromatic N) is 1. The van der Waals surface area contributed by atoms with E-state index in [0.717, 1.165) is 6.42 Å². The standard InChI is InChI=1S/C15H28INO5/c1-15(2,3)22-14(18)17-10-12(16)13(11-17)21-9-8-20-7-5-6-19-4/h12-13H,5-11H2,1-4H3. The molecule has 1 aliphatic heterocycles. The largest absolute Gasteiger partial charge is 0.444 e. The van der Waals surface area contributed by atoms with Crippen LogP contribution in [0.2, 0.25) is 0 Å². The Balaban J connectivity index is 2.19. The smallest absolute Gasteiger partial charge is 0.410 e. The molecule has 0 N–H and O–H groups in total. The van der Waals surface area contributed by atoms with Gasteiger partial charge in [0.05, 0.1) is 29.8 Å². The molecule has 6 nitrogen and oxygen atoms in total. The highest BCUT2D eigenvalue weighted by atomic mass is 127. The van der Waals surface area contributed by atoms with Crippen molar-refractivity contribution in [1.82, 2.24) is 4.90 Å². The second-order valence-electron chi connectivity index (χ2n) is 6.27. The first kappa shape index (κ1) is 19.9. The van der Waals surface area contributed by atoms with Crippen LogP contribution in [-0.4, -0.2) is 73.2 Å². The summed E-state index contributed by atoms with van der Waals surface area (Å²) in [4.78, 5) is 13.8. The lowest BCUT2D eigenvalue weighted by Crippen LogP contribution is -2.36. The lowest BCUT2D eigenvalue weighted by atomic mass is 10.2. The fourth-order valence-electron chi connectivity index (χ4n) is 2.03. The third kappa shape index (κ3) is 7.94. The van der Waals surface area contributed by atoms with Crippen LogP contribution in [0, 0.1) is 0 Å². The lowest BCUT2D eigenvalue weighted by molar-refractivity contribution is 0.00208. The highest BCUT2D eigenvalue weighted by Gasteiger charge is 2.36. The summed E-state index contributed by atoms with van der Waals surface area (Å²) >= 11 is 2.33. The van der Waals surface area contributed by atoms with Crippen molar-refractivity contribution in [2.75, 3.05) is 46.6 Å². The molecule has 1 heterocycles. The molecular formula is C15H28INO5.